The van der Waals surface area contributed by atoms with Gasteiger partial charge in [-0.15, -0.1) is 0 Å². The maximum Gasteiger partial charge on any atom is 0.260 e. The van der Waals surface area contributed by atoms with Crippen molar-refractivity contribution in [2.24, 2.45) is 0 Å². The van der Waals surface area contributed by atoms with Gasteiger partial charge < -0.3 is 14.2 Å². The van der Waals surface area contributed by atoms with E-state index in [0.717, 1.165) is 13.1 Å². The molecule has 1 aromatic heterocycles. The number of hydrogen-bond donors (Lipinski definition) is 0. The Hall–Kier alpha value is -3.26. The molecular weight excluding hydrogens is 375 g/mol. The lowest BCUT2D eigenvalue weighted by atomic mass is 10.2. The molecule has 0 saturated carbocycles. The van der Waals surface area contributed by atoms with Crippen LogP contribution in [-0.2, 0) is 11.3 Å². The van der Waals surface area contributed by atoms with Crippen LogP contribution in [0, 0.1) is 5.82 Å². The fraction of sp³-hybridized carbons (Fsp3) is 0.286. The summed E-state index contributed by atoms with van der Waals surface area (Å²) in [5.74, 6) is 1.29. The number of ether oxygens (including phenoxy) is 1. The van der Waals surface area contributed by atoms with Gasteiger partial charge in [0.15, 0.2) is 12.4 Å². The van der Waals surface area contributed by atoms with Crippen LogP contribution in [0.2, 0.25) is 0 Å². The van der Waals surface area contributed by atoms with Crippen molar-refractivity contribution in [2.75, 3.05) is 32.8 Å². The molecule has 0 spiro atoms. The molecule has 2 heterocycles. The molecule has 1 aliphatic rings. The Morgan fingerprint density at radius 2 is 1.76 bits per heavy atom. The molecule has 1 aliphatic heterocycles. The van der Waals surface area contributed by atoms with Crippen molar-refractivity contribution >= 4 is 5.91 Å². The number of aromatic nitrogens is 2. The molecule has 29 heavy (non-hydrogen) atoms. The quantitative estimate of drug-likeness (QED) is 0.638. The van der Waals surface area contributed by atoms with Crippen LogP contribution in [0.15, 0.2) is 59.1 Å². The average molecular weight is 396 g/mol. The second kappa shape index (κ2) is 8.83. The van der Waals surface area contributed by atoms with Gasteiger partial charge in [0.05, 0.1) is 6.54 Å². The molecule has 0 unspecified atom stereocenters. The van der Waals surface area contributed by atoms with Gasteiger partial charge in [0.2, 0.25) is 0 Å². The summed E-state index contributed by atoms with van der Waals surface area (Å²) >= 11 is 0. The van der Waals surface area contributed by atoms with Gasteiger partial charge in [0, 0.05) is 31.7 Å². The maximum absolute atomic E-state index is 13.0. The lowest BCUT2D eigenvalue weighted by Gasteiger charge is -2.33. The molecule has 0 bridgehead atoms. The highest BCUT2D eigenvalue weighted by atomic mass is 19.1. The smallest absolute Gasteiger partial charge is 0.260 e. The normalized spacial score (nSPS) is 14.7. The van der Waals surface area contributed by atoms with Gasteiger partial charge in [-0.2, -0.15) is 4.98 Å². The summed E-state index contributed by atoms with van der Waals surface area (Å²) in [6, 6.07) is 15.2. The Balaban J connectivity index is 1.25. The lowest BCUT2D eigenvalue weighted by molar-refractivity contribution is -0.135. The summed E-state index contributed by atoms with van der Waals surface area (Å²) in [5, 5.41) is 4.00. The van der Waals surface area contributed by atoms with E-state index in [1.54, 1.807) is 17.0 Å². The van der Waals surface area contributed by atoms with Crippen molar-refractivity contribution in [1.29, 1.82) is 0 Å². The molecule has 0 radical (unpaired) electrons. The SMILES string of the molecule is O=C(COc1ccccc1)N1CCN(Cc2noc(-c3ccc(F)cc3)n2)CC1. The third-order valence-corrected chi connectivity index (χ3v) is 4.75. The van der Waals surface area contributed by atoms with E-state index in [2.05, 4.69) is 15.0 Å². The molecular formula is C21H21FN4O3. The number of benzene rings is 2. The van der Waals surface area contributed by atoms with E-state index in [4.69, 9.17) is 9.26 Å². The van der Waals surface area contributed by atoms with Crippen molar-refractivity contribution in [2.45, 2.75) is 6.54 Å². The van der Waals surface area contributed by atoms with Gasteiger partial charge in [-0.25, -0.2) is 4.39 Å². The third kappa shape index (κ3) is 4.97. The van der Waals surface area contributed by atoms with Crippen LogP contribution in [0.25, 0.3) is 11.5 Å². The number of para-hydroxylation sites is 1. The van der Waals surface area contributed by atoms with E-state index >= 15 is 0 Å². The first-order valence-corrected chi connectivity index (χ1v) is 9.44. The molecule has 150 valence electrons. The summed E-state index contributed by atoms with van der Waals surface area (Å²) in [4.78, 5) is 20.7. The predicted molar refractivity (Wildman–Crippen MR) is 103 cm³/mol. The third-order valence-electron chi connectivity index (χ3n) is 4.75. The molecule has 1 amide bonds. The van der Waals surface area contributed by atoms with E-state index in [1.807, 2.05) is 30.3 Å². The Bertz CT molecular complexity index is 938. The molecule has 0 aliphatic carbocycles. The van der Waals surface area contributed by atoms with Crippen LogP contribution < -0.4 is 4.74 Å². The monoisotopic (exact) mass is 396 g/mol. The Labute approximate surface area is 167 Å². The van der Waals surface area contributed by atoms with Crippen LogP contribution >= 0.6 is 0 Å². The number of amides is 1. The Kier molecular flexibility index (Phi) is 5.81. The minimum atomic E-state index is -0.310. The zero-order valence-corrected chi connectivity index (χ0v) is 15.8. The molecule has 1 saturated heterocycles. The van der Waals surface area contributed by atoms with Crippen LogP contribution in [-0.4, -0.2) is 58.6 Å². The zero-order valence-electron chi connectivity index (χ0n) is 15.8. The molecule has 3 aromatic rings. The summed E-state index contributed by atoms with van der Waals surface area (Å²) in [7, 11) is 0. The van der Waals surface area contributed by atoms with Gasteiger partial charge in [0.25, 0.3) is 11.8 Å². The van der Waals surface area contributed by atoms with Gasteiger partial charge in [-0.1, -0.05) is 23.4 Å². The van der Waals surface area contributed by atoms with Crippen LogP contribution in [0.5, 0.6) is 5.75 Å². The highest BCUT2D eigenvalue weighted by Crippen LogP contribution is 2.18. The van der Waals surface area contributed by atoms with Crippen molar-refractivity contribution in [3.8, 4) is 17.2 Å². The number of carbonyl (C=O) groups is 1. The maximum atomic E-state index is 13.0. The van der Waals surface area contributed by atoms with Crippen molar-refractivity contribution in [3.63, 3.8) is 0 Å². The molecule has 0 N–H and O–H groups in total. The summed E-state index contributed by atoms with van der Waals surface area (Å²) in [5.41, 5.74) is 0.680. The largest absolute Gasteiger partial charge is 0.484 e. The summed E-state index contributed by atoms with van der Waals surface area (Å²) in [6.45, 7) is 3.26. The second-order valence-electron chi connectivity index (χ2n) is 6.78. The first-order valence-electron chi connectivity index (χ1n) is 9.44. The fourth-order valence-corrected chi connectivity index (χ4v) is 3.14. The Morgan fingerprint density at radius 3 is 2.48 bits per heavy atom. The molecule has 4 rings (SSSR count). The van der Waals surface area contributed by atoms with E-state index in [1.165, 1.54) is 12.1 Å². The van der Waals surface area contributed by atoms with E-state index < -0.39 is 0 Å². The standard InChI is InChI=1S/C21H21FN4O3/c22-17-8-6-16(7-9-17)21-23-19(24-29-21)14-25-10-12-26(13-11-25)20(27)15-28-18-4-2-1-3-5-18/h1-9H,10-15H2. The van der Waals surface area contributed by atoms with E-state index in [9.17, 15) is 9.18 Å². The summed E-state index contributed by atoms with van der Waals surface area (Å²) in [6.07, 6.45) is 0. The highest BCUT2D eigenvalue weighted by Gasteiger charge is 2.22. The van der Waals surface area contributed by atoms with E-state index in [0.29, 0.717) is 42.7 Å². The first kappa shape index (κ1) is 19.1. The Morgan fingerprint density at radius 1 is 1.03 bits per heavy atom. The van der Waals surface area contributed by atoms with Gasteiger partial charge >= 0.3 is 0 Å². The number of rotatable bonds is 6. The highest BCUT2D eigenvalue weighted by molar-refractivity contribution is 5.77. The van der Waals surface area contributed by atoms with Crippen molar-refractivity contribution in [1.82, 2.24) is 19.9 Å². The molecule has 0 atom stereocenters. The zero-order chi connectivity index (χ0) is 20.1. The number of piperazine rings is 1. The van der Waals surface area contributed by atoms with Crippen LogP contribution in [0.4, 0.5) is 4.39 Å². The number of carbonyl (C=O) groups excluding carboxylic acids is 1. The van der Waals surface area contributed by atoms with Crippen LogP contribution in [0.1, 0.15) is 5.82 Å². The number of nitrogens with zero attached hydrogens (tertiary/aromatic N) is 4. The minimum absolute atomic E-state index is 0.0216. The lowest BCUT2D eigenvalue weighted by Crippen LogP contribution is -2.49. The second-order valence-corrected chi connectivity index (χ2v) is 6.78. The minimum Gasteiger partial charge on any atom is -0.484 e. The average Bonchev–Trinajstić information content (AvgIpc) is 3.22. The molecule has 2 aromatic carbocycles. The van der Waals surface area contributed by atoms with Gasteiger partial charge in [-0.3, -0.25) is 9.69 Å². The van der Waals surface area contributed by atoms with Crippen molar-refractivity contribution in [3.05, 3.63) is 66.2 Å². The number of halogens is 1. The first-order chi connectivity index (χ1) is 14.2. The fourth-order valence-electron chi connectivity index (χ4n) is 3.14. The van der Waals surface area contributed by atoms with Gasteiger partial charge in [-0.05, 0) is 36.4 Å². The summed E-state index contributed by atoms with van der Waals surface area (Å²) < 4.78 is 23.8. The molecule has 8 heteroatoms. The number of hydrogen-bond acceptors (Lipinski definition) is 6. The van der Waals surface area contributed by atoms with Gasteiger partial charge in [0.1, 0.15) is 11.6 Å². The predicted octanol–water partition coefficient (Wildman–Crippen LogP) is 2.60. The molecule has 7 nitrogen and oxygen atoms in total. The topological polar surface area (TPSA) is 71.7 Å². The van der Waals surface area contributed by atoms with E-state index in [-0.39, 0.29) is 18.3 Å². The molecule has 1 fully saturated rings. The van der Waals surface area contributed by atoms with Crippen molar-refractivity contribution < 1.29 is 18.4 Å². The van der Waals surface area contributed by atoms with Crippen LogP contribution in [0.3, 0.4) is 0 Å².